The summed E-state index contributed by atoms with van der Waals surface area (Å²) in [4.78, 5) is 65.5. The Balaban J connectivity index is 0.702. The van der Waals surface area contributed by atoms with Gasteiger partial charge in [-0.15, -0.1) is 0 Å². The number of hydrogen-bond acceptors (Lipinski definition) is 12. The lowest BCUT2D eigenvalue weighted by Crippen LogP contribution is -2.45. The van der Waals surface area contributed by atoms with E-state index < -0.39 is 52.8 Å². The van der Waals surface area contributed by atoms with E-state index in [1.807, 2.05) is 164 Å². The van der Waals surface area contributed by atoms with E-state index >= 15 is 0 Å². The number of ether oxygens (including phenoxy) is 5. The molecule has 4 atom stereocenters. The summed E-state index contributed by atoms with van der Waals surface area (Å²) in [6.45, 7) is 0.911. The van der Waals surface area contributed by atoms with Crippen LogP contribution in [-0.4, -0.2) is 102 Å². The van der Waals surface area contributed by atoms with Gasteiger partial charge >= 0.3 is 11.8 Å². The maximum Gasteiger partial charge on any atom is 0.407 e. The molecule has 0 spiro atoms. The SMILES string of the molecule is COc1ccc(C(OC[C@@H]2O[C@H](n3cc(CCC(=O)NCCNCC(Cc4c[nH]c(C(c5ccccc5)(c5ccccc5)c5ccccc5)n4)NC(=O)OCC4c5ccccc5-c5ccccc54)c(=O)[nH]c3=O)CC2O)(c2ccccc2)c2ccc(OC)cc2)cc1. The smallest absolute Gasteiger partial charge is 0.407 e. The molecule has 92 heavy (non-hydrogen) atoms. The van der Waals surface area contributed by atoms with E-state index in [-0.39, 0.29) is 56.4 Å². The zero-order valence-electron chi connectivity index (χ0n) is 51.2. The number of alkyl carbamates (subject to hydrolysis) is 1. The Morgan fingerprint density at radius 1 is 0.663 bits per heavy atom. The number of aliphatic hydroxyl groups excluding tert-OH is 1. The second-order valence-corrected chi connectivity index (χ2v) is 23.1. The lowest BCUT2D eigenvalue weighted by Gasteiger charge is -2.37. The normalized spacial score (nSPS) is 15.7. The first-order chi connectivity index (χ1) is 45.0. The number of hydrogen-bond donors (Lipinski definition) is 6. The molecule has 2 aliphatic rings. The molecule has 0 radical (unpaired) electrons. The topological polar surface area (TPSA) is 220 Å². The Hall–Kier alpha value is -10.2. The lowest BCUT2D eigenvalue weighted by atomic mass is 9.69. The molecule has 17 nitrogen and oxygen atoms in total. The van der Waals surface area contributed by atoms with Gasteiger partial charge in [-0.1, -0.05) is 194 Å². The Morgan fingerprint density at radius 2 is 1.18 bits per heavy atom. The van der Waals surface area contributed by atoms with Crippen molar-refractivity contribution < 1.29 is 38.4 Å². The first-order valence-corrected chi connectivity index (χ1v) is 31.0. The minimum absolute atomic E-state index is 0.0118. The third-order valence-corrected chi connectivity index (χ3v) is 17.6. The third kappa shape index (κ3) is 13.1. The molecule has 12 rings (SSSR count). The van der Waals surface area contributed by atoms with Crippen LogP contribution < -0.4 is 36.7 Å². The van der Waals surface area contributed by atoms with Crippen LogP contribution in [0.2, 0.25) is 0 Å². The maximum absolute atomic E-state index is 14.0. The van der Waals surface area contributed by atoms with E-state index in [1.165, 1.54) is 10.8 Å². The fourth-order valence-corrected chi connectivity index (χ4v) is 13.0. The average molecular weight is 1230 g/mol. The predicted octanol–water partition coefficient (Wildman–Crippen LogP) is 10.1. The van der Waals surface area contributed by atoms with E-state index in [4.69, 9.17) is 28.7 Å². The second kappa shape index (κ2) is 28.3. The quantitative estimate of drug-likeness (QED) is 0.0220. The molecule has 1 aliphatic heterocycles. The van der Waals surface area contributed by atoms with Crippen LogP contribution in [0.25, 0.3) is 11.1 Å². The molecule has 0 saturated carbocycles. The van der Waals surface area contributed by atoms with Gasteiger partial charge in [-0.2, -0.15) is 0 Å². The predicted molar refractivity (Wildman–Crippen MR) is 351 cm³/mol. The molecule has 0 bridgehead atoms. The first-order valence-electron chi connectivity index (χ1n) is 31.0. The Bertz CT molecular complexity index is 4030. The highest BCUT2D eigenvalue weighted by atomic mass is 16.6. The van der Waals surface area contributed by atoms with Gasteiger partial charge in [-0.05, 0) is 86.3 Å². The van der Waals surface area contributed by atoms with Crippen molar-refractivity contribution in [3.8, 4) is 22.6 Å². The Kier molecular flexibility index (Phi) is 19.1. The molecular weight excluding hydrogens is 1160 g/mol. The minimum atomic E-state index is -1.19. The summed E-state index contributed by atoms with van der Waals surface area (Å²) in [5, 5.41) is 21.0. The molecule has 8 aromatic carbocycles. The molecule has 3 heterocycles. The maximum atomic E-state index is 14.0. The van der Waals surface area contributed by atoms with E-state index in [0.29, 0.717) is 42.5 Å². The van der Waals surface area contributed by atoms with Gasteiger partial charge in [0, 0.05) is 62.8 Å². The van der Waals surface area contributed by atoms with Crippen molar-refractivity contribution in [2.75, 3.05) is 47.1 Å². The van der Waals surface area contributed by atoms with Crippen LogP contribution in [0.15, 0.2) is 240 Å². The molecule has 1 aliphatic carbocycles. The highest BCUT2D eigenvalue weighted by molar-refractivity contribution is 5.79. The van der Waals surface area contributed by atoms with Gasteiger partial charge in [0.15, 0.2) is 0 Å². The zero-order valence-corrected chi connectivity index (χ0v) is 51.2. The van der Waals surface area contributed by atoms with Crippen LogP contribution in [0.4, 0.5) is 4.79 Å². The number of aromatic nitrogens is 4. The van der Waals surface area contributed by atoms with Crippen LogP contribution in [0, 0.1) is 0 Å². The molecular formula is C75H73N7O10. The Morgan fingerprint density at radius 3 is 1.74 bits per heavy atom. The van der Waals surface area contributed by atoms with Crippen molar-refractivity contribution in [1.82, 2.24) is 35.5 Å². The average Bonchev–Trinajstić information content (AvgIpc) is 1.12. The largest absolute Gasteiger partial charge is 0.497 e. The van der Waals surface area contributed by atoms with Gasteiger partial charge < -0.3 is 49.7 Å². The summed E-state index contributed by atoms with van der Waals surface area (Å²) in [5.41, 5.74) is 7.52. The Labute approximate surface area is 533 Å². The molecule has 1 saturated heterocycles. The number of nitrogens with zero attached hydrogens (tertiary/aromatic N) is 2. The van der Waals surface area contributed by atoms with E-state index in [0.717, 1.165) is 55.6 Å². The first kappa shape index (κ1) is 62.0. The van der Waals surface area contributed by atoms with E-state index in [2.05, 4.69) is 86.6 Å². The standard InChI is InChI=1S/C75H73N7O10/c1-88-59-36-32-55(33-37-59)75(54-25-13-6-14-26-54,56-34-38-60(89-2)39-35-56)91-49-67-66(83)44-69(92-67)82-47-50(70(85)81-72(82)86)31-40-68(84)77-42-41-76-45-57(80-73(87)90-48-65-63-29-17-15-27-61(63)62-28-16-18-30-64(62)65)43-58-46-78-71(79-58)74(51-19-7-3-8-20-51,52-21-9-4-10-22-52)53-23-11-5-12-24-53/h3-30,32-39,46-47,57,65-67,69,76,83H,31,40-45,48-49H2,1-2H3,(H,77,84)(H,78,79)(H,80,87)(H,81,85,86)/t57?,66?,67-,69-/m0/s1. The number of amides is 2. The molecule has 2 unspecified atom stereocenters. The fourth-order valence-electron chi connectivity index (χ4n) is 13.0. The number of rotatable bonds is 26. The van der Waals surface area contributed by atoms with Gasteiger partial charge in [0.1, 0.15) is 47.3 Å². The van der Waals surface area contributed by atoms with Crippen LogP contribution >= 0.6 is 0 Å². The van der Waals surface area contributed by atoms with Gasteiger partial charge in [0.2, 0.25) is 5.91 Å². The molecule has 468 valence electrons. The van der Waals surface area contributed by atoms with Gasteiger partial charge in [-0.3, -0.25) is 19.1 Å². The van der Waals surface area contributed by atoms with Gasteiger partial charge in [0.25, 0.3) is 5.56 Å². The number of nitrogens with one attached hydrogen (secondary N) is 5. The summed E-state index contributed by atoms with van der Waals surface area (Å²) in [7, 11) is 3.21. The number of fused-ring (bicyclic) bond motifs is 3. The van der Waals surface area contributed by atoms with Crippen molar-refractivity contribution in [2.24, 2.45) is 0 Å². The third-order valence-electron chi connectivity index (χ3n) is 17.6. The van der Waals surface area contributed by atoms with Gasteiger partial charge in [-0.25, -0.2) is 14.6 Å². The van der Waals surface area contributed by atoms with Crippen LogP contribution in [-0.2, 0) is 42.9 Å². The second-order valence-electron chi connectivity index (χ2n) is 23.1. The van der Waals surface area contributed by atoms with Crippen molar-refractivity contribution in [1.29, 1.82) is 0 Å². The molecule has 2 amide bonds. The monoisotopic (exact) mass is 1230 g/mol. The van der Waals surface area contributed by atoms with Crippen molar-refractivity contribution in [3.05, 3.63) is 313 Å². The van der Waals surface area contributed by atoms with Crippen molar-refractivity contribution in [2.45, 2.75) is 67.1 Å². The molecule has 1 fully saturated rings. The number of imidazole rings is 1. The number of aromatic amines is 2. The number of H-pyrrole nitrogens is 2. The highest BCUT2D eigenvalue weighted by Gasteiger charge is 2.44. The van der Waals surface area contributed by atoms with E-state index in [1.54, 1.807) is 14.2 Å². The summed E-state index contributed by atoms with van der Waals surface area (Å²) in [6, 6.07) is 71.7. The summed E-state index contributed by atoms with van der Waals surface area (Å²) < 4.78 is 31.7. The minimum Gasteiger partial charge on any atom is -0.497 e. The number of benzene rings is 8. The number of carbonyl (C=O) groups is 2. The van der Waals surface area contributed by atoms with Crippen LogP contribution in [0.3, 0.4) is 0 Å². The van der Waals surface area contributed by atoms with Gasteiger partial charge in [0.05, 0.1) is 38.7 Å². The summed E-state index contributed by atoms with van der Waals surface area (Å²) in [5.74, 6) is 1.60. The molecule has 17 heteroatoms. The molecule has 2 aromatic heterocycles. The number of methoxy groups -OCH3 is 2. The number of aliphatic hydroxyl groups is 1. The fraction of sp³-hybridized carbons (Fsp3) is 0.240. The van der Waals surface area contributed by atoms with Crippen LogP contribution in [0.5, 0.6) is 11.5 Å². The molecule has 10 aromatic rings. The summed E-state index contributed by atoms with van der Waals surface area (Å²) in [6.07, 6.45) is 0.129. The zero-order chi connectivity index (χ0) is 63.4. The lowest BCUT2D eigenvalue weighted by molar-refractivity contribution is -0.121. The highest BCUT2D eigenvalue weighted by Crippen LogP contribution is 2.47. The molecule has 6 N–H and O–H groups in total. The summed E-state index contributed by atoms with van der Waals surface area (Å²) >= 11 is 0. The number of aryl methyl sites for hydroxylation is 1. The van der Waals surface area contributed by atoms with Crippen LogP contribution in [0.1, 0.15) is 86.6 Å². The van der Waals surface area contributed by atoms with Crippen molar-refractivity contribution >= 4 is 12.0 Å². The van der Waals surface area contributed by atoms with Crippen molar-refractivity contribution in [3.63, 3.8) is 0 Å². The van der Waals surface area contributed by atoms with E-state index in [9.17, 15) is 24.3 Å². The number of carbonyl (C=O) groups excluding carboxylic acids is 2.